The standard InChI is InChI=1S/C17H26F2N8O2/c1-10-11(25-29-24-10)7-27(21)14-12(20)13(26-6-5-17(18,19)8-26)22-15(23-14)28-9-16(2,3)4/h5-9,20-21H2,1-4H3. The highest BCUT2D eigenvalue weighted by atomic mass is 19.3. The lowest BCUT2D eigenvalue weighted by atomic mass is 9.99. The maximum absolute atomic E-state index is 13.8. The van der Waals surface area contributed by atoms with Crippen molar-refractivity contribution in [1.29, 1.82) is 0 Å². The molecule has 2 aromatic heterocycles. The lowest BCUT2D eigenvalue weighted by Crippen LogP contribution is -2.34. The number of aryl methyl sites for hydroxylation is 1. The summed E-state index contributed by atoms with van der Waals surface area (Å²) >= 11 is 0. The third-order valence-corrected chi connectivity index (χ3v) is 4.33. The van der Waals surface area contributed by atoms with Crippen molar-refractivity contribution in [1.82, 2.24) is 20.3 Å². The van der Waals surface area contributed by atoms with Gasteiger partial charge in [-0.25, -0.2) is 19.3 Å². The molecule has 12 heteroatoms. The van der Waals surface area contributed by atoms with Crippen LogP contribution < -0.4 is 26.2 Å². The Balaban J connectivity index is 1.94. The van der Waals surface area contributed by atoms with Gasteiger partial charge in [-0.15, -0.1) is 0 Å². The van der Waals surface area contributed by atoms with E-state index in [-0.39, 0.29) is 48.3 Å². The molecule has 0 spiro atoms. The van der Waals surface area contributed by atoms with Crippen LogP contribution in [-0.2, 0) is 6.54 Å². The van der Waals surface area contributed by atoms with Gasteiger partial charge >= 0.3 is 6.01 Å². The largest absolute Gasteiger partial charge is 0.463 e. The molecular formula is C17H26F2N8O2. The van der Waals surface area contributed by atoms with Crippen LogP contribution in [0.3, 0.4) is 0 Å². The summed E-state index contributed by atoms with van der Waals surface area (Å²) in [4.78, 5) is 10.0. The number of nitrogens with zero attached hydrogens (tertiary/aromatic N) is 6. The first-order chi connectivity index (χ1) is 13.5. The molecule has 0 atom stereocenters. The van der Waals surface area contributed by atoms with Gasteiger partial charge < -0.3 is 15.4 Å². The zero-order valence-corrected chi connectivity index (χ0v) is 16.9. The normalized spacial score (nSPS) is 16.3. The summed E-state index contributed by atoms with van der Waals surface area (Å²) in [5.74, 6) is 3.67. The van der Waals surface area contributed by atoms with Gasteiger partial charge in [0.05, 0.1) is 19.7 Å². The number of hydrogen-bond donors (Lipinski definition) is 2. The number of nitrogen functional groups attached to an aromatic ring is 1. The number of anilines is 3. The molecule has 0 unspecified atom stereocenters. The van der Waals surface area contributed by atoms with E-state index in [4.69, 9.17) is 16.3 Å². The predicted octanol–water partition coefficient (Wildman–Crippen LogP) is 1.90. The number of halogens is 2. The highest BCUT2D eigenvalue weighted by Crippen LogP contribution is 2.37. The first-order valence-corrected chi connectivity index (χ1v) is 9.18. The highest BCUT2D eigenvalue weighted by Gasteiger charge is 2.40. The molecule has 0 radical (unpaired) electrons. The first kappa shape index (κ1) is 21.0. The minimum Gasteiger partial charge on any atom is -0.463 e. The van der Waals surface area contributed by atoms with Crippen LogP contribution in [0.2, 0.25) is 0 Å². The molecule has 10 nitrogen and oxygen atoms in total. The zero-order valence-electron chi connectivity index (χ0n) is 16.9. The van der Waals surface area contributed by atoms with Gasteiger partial charge in [0.15, 0.2) is 11.6 Å². The van der Waals surface area contributed by atoms with E-state index in [1.807, 2.05) is 20.8 Å². The molecule has 29 heavy (non-hydrogen) atoms. The second-order valence-electron chi connectivity index (χ2n) is 8.37. The van der Waals surface area contributed by atoms with Crippen LogP contribution in [-0.4, -0.2) is 45.9 Å². The van der Waals surface area contributed by atoms with Gasteiger partial charge in [0.2, 0.25) is 0 Å². The third kappa shape index (κ3) is 5.00. The van der Waals surface area contributed by atoms with Crippen LogP contribution in [0.5, 0.6) is 6.01 Å². The Morgan fingerprint density at radius 2 is 2.00 bits per heavy atom. The zero-order chi connectivity index (χ0) is 21.4. The van der Waals surface area contributed by atoms with E-state index < -0.39 is 12.5 Å². The van der Waals surface area contributed by atoms with E-state index in [1.54, 1.807) is 6.92 Å². The number of alkyl halides is 2. The number of ether oxygens (including phenoxy) is 1. The van der Waals surface area contributed by atoms with Crippen LogP contribution in [0.25, 0.3) is 0 Å². The van der Waals surface area contributed by atoms with Gasteiger partial charge in [-0.2, -0.15) is 9.97 Å². The molecule has 1 saturated heterocycles. The Labute approximate surface area is 167 Å². The average Bonchev–Trinajstić information content (AvgIpc) is 3.18. The van der Waals surface area contributed by atoms with Crippen molar-refractivity contribution in [2.75, 3.05) is 35.3 Å². The van der Waals surface area contributed by atoms with Gasteiger partial charge in [-0.1, -0.05) is 31.1 Å². The van der Waals surface area contributed by atoms with E-state index in [9.17, 15) is 8.78 Å². The molecule has 3 heterocycles. The Morgan fingerprint density at radius 1 is 1.28 bits per heavy atom. The van der Waals surface area contributed by atoms with Gasteiger partial charge in [0.1, 0.15) is 17.1 Å². The van der Waals surface area contributed by atoms with Crippen molar-refractivity contribution < 1.29 is 18.1 Å². The molecule has 3 rings (SSSR count). The fourth-order valence-electron chi connectivity index (χ4n) is 2.78. The SMILES string of the molecule is Cc1nonc1CN(N)c1nc(OCC(C)(C)C)nc(N2CCC(F)(F)C2)c1N. The van der Waals surface area contributed by atoms with Crippen LogP contribution in [0, 0.1) is 12.3 Å². The molecule has 4 N–H and O–H groups in total. The summed E-state index contributed by atoms with van der Waals surface area (Å²) in [5.41, 5.74) is 7.22. The molecule has 1 fully saturated rings. The lowest BCUT2D eigenvalue weighted by molar-refractivity contribution is 0.0256. The van der Waals surface area contributed by atoms with Crippen LogP contribution in [0.4, 0.5) is 26.1 Å². The smallest absolute Gasteiger partial charge is 0.320 e. The van der Waals surface area contributed by atoms with Crippen molar-refractivity contribution in [2.24, 2.45) is 11.3 Å². The second-order valence-corrected chi connectivity index (χ2v) is 8.37. The van der Waals surface area contributed by atoms with E-state index in [0.29, 0.717) is 18.0 Å². The molecule has 1 aliphatic rings. The minimum absolute atomic E-state index is 0.0137. The molecule has 0 aromatic carbocycles. The monoisotopic (exact) mass is 412 g/mol. The quantitative estimate of drug-likeness (QED) is 0.535. The van der Waals surface area contributed by atoms with Gasteiger partial charge in [-0.3, -0.25) is 5.01 Å². The number of aromatic nitrogens is 4. The molecular weight excluding hydrogens is 386 g/mol. The average molecular weight is 412 g/mol. The summed E-state index contributed by atoms with van der Waals surface area (Å²) in [6.45, 7) is 7.74. The Morgan fingerprint density at radius 3 is 2.55 bits per heavy atom. The molecule has 0 saturated carbocycles. The number of hydrazine groups is 1. The first-order valence-electron chi connectivity index (χ1n) is 9.18. The van der Waals surface area contributed by atoms with Crippen LogP contribution in [0.15, 0.2) is 4.63 Å². The maximum atomic E-state index is 13.8. The van der Waals surface area contributed by atoms with Gasteiger partial charge in [0, 0.05) is 13.0 Å². The van der Waals surface area contributed by atoms with Crippen molar-refractivity contribution in [3.8, 4) is 6.01 Å². The number of rotatable bonds is 6. The summed E-state index contributed by atoms with van der Waals surface area (Å²) < 4.78 is 37.9. The fraction of sp³-hybridized carbons (Fsp3) is 0.647. The molecule has 0 aliphatic carbocycles. The molecule has 0 bridgehead atoms. The molecule has 160 valence electrons. The second kappa shape index (κ2) is 7.58. The van der Waals surface area contributed by atoms with Gasteiger partial charge in [-0.05, 0) is 12.3 Å². The van der Waals surface area contributed by atoms with E-state index in [0.717, 1.165) is 0 Å². The summed E-state index contributed by atoms with van der Waals surface area (Å²) in [5, 5.41) is 8.74. The van der Waals surface area contributed by atoms with Crippen molar-refractivity contribution in [3.63, 3.8) is 0 Å². The fourth-order valence-corrected chi connectivity index (χ4v) is 2.78. The van der Waals surface area contributed by atoms with Crippen LogP contribution >= 0.6 is 0 Å². The summed E-state index contributed by atoms with van der Waals surface area (Å²) in [6.07, 6.45) is -0.278. The topological polar surface area (TPSA) is 132 Å². The van der Waals surface area contributed by atoms with E-state index >= 15 is 0 Å². The minimum atomic E-state index is -2.81. The molecule has 1 aliphatic heterocycles. The summed E-state index contributed by atoms with van der Waals surface area (Å²) in [7, 11) is 0. The molecule has 2 aromatic rings. The third-order valence-electron chi connectivity index (χ3n) is 4.33. The van der Waals surface area contributed by atoms with Crippen molar-refractivity contribution >= 4 is 17.3 Å². The lowest BCUT2D eigenvalue weighted by Gasteiger charge is -2.25. The maximum Gasteiger partial charge on any atom is 0.320 e. The Kier molecular flexibility index (Phi) is 5.48. The van der Waals surface area contributed by atoms with Gasteiger partial charge in [0.25, 0.3) is 5.92 Å². The van der Waals surface area contributed by atoms with Crippen LogP contribution in [0.1, 0.15) is 38.6 Å². The predicted molar refractivity (Wildman–Crippen MR) is 103 cm³/mol. The molecule has 0 amide bonds. The van der Waals surface area contributed by atoms with E-state index in [1.165, 1.54) is 9.91 Å². The number of hydrogen-bond acceptors (Lipinski definition) is 10. The number of nitrogens with two attached hydrogens (primary N) is 2. The summed E-state index contributed by atoms with van der Waals surface area (Å²) in [6, 6.07) is 0.0137. The van der Waals surface area contributed by atoms with E-state index in [2.05, 4.69) is 24.9 Å². The highest BCUT2D eigenvalue weighted by molar-refractivity contribution is 5.76. The Hall–Kier alpha value is -2.76. The van der Waals surface area contributed by atoms with Crippen molar-refractivity contribution in [3.05, 3.63) is 11.4 Å². The Bertz CT molecular complexity index is 868. The van der Waals surface area contributed by atoms with Crippen molar-refractivity contribution in [2.45, 2.75) is 46.6 Å².